The van der Waals surface area contributed by atoms with Crippen molar-refractivity contribution < 1.29 is 9.53 Å². The van der Waals surface area contributed by atoms with Crippen LogP contribution in [0.3, 0.4) is 0 Å². The molecular formula is C13H19NO2S. The van der Waals surface area contributed by atoms with Gasteiger partial charge in [-0.2, -0.15) is 0 Å². The van der Waals surface area contributed by atoms with Gasteiger partial charge in [-0.1, -0.05) is 25.1 Å². The highest BCUT2D eigenvalue weighted by Crippen LogP contribution is 2.28. The van der Waals surface area contributed by atoms with Crippen molar-refractivity contribution in [2.24, 2.45) is 5.73 Å². The maximum atomic E-state index is 11.0. The Balaban J connectivity index is 2.61. The fourth-order valence-electron chi connectivity index (χ4n) is 1.48. The number of rotatable bonds is 6. The Labute approximate surface area is 107 Å². The molecule has 17 heavy (non-hydrogen) atoms. The zero-order chi connectivity index (χ0) is 12.7. The summed E-state index contributed by atoms with van der Waals surface area (Å²) in [5.74, 6) is 0.551. The van der Waals surface area contributed by atoms with Gasteiger partial charge in [-0.25, -0.2) is 0 Å². The van der Waals surface area contributed by atoms with Crippen LogP contribution < -0.4 is 5.73 Å². The number of carbonyl (C=O) groups is 1. The molecule has 0 unspecified atom stereocenters. The highest BCUT2D eigenvalue weighted by atomic mass is 32.2. The Kier molecular flexibility index (Phi) is 6.08. The molecule has 94 valence electrons. The van der Waals surface area contributed by atoms with Crippen LogP contribution in [-0.2, 0) is 9.53 Å². The van der Waals surface area contributed by atoms with Crippen molar-refractivity contribution in [3.8, 4) is 0 Å². The molecule has 0 saturated carbocycles. The van der Waals surface area contributed by atoms with E-state index < -0.39 is 0 Å². The number of thioether (sulfide) groups is 1. The molecule has 1 rings (SSSR count). The normalized spacial score (nSPS) is 12.2. The van der Waals surface area contributed by atoms with Crippen LogP contribution in [0.25, 0.3) is 0 Å². The number of nitrogens with two attached hydrogens (primary N) is 1. The first-order valence-electron chi connectivity index (χ1n) is 5.73. The summed E-state index contributed by atoms with van der Waals surface area (Å²) in [5, 5.41) is 0. The van der Waals surface area contributed by atoms with E-state index in [1.54, 1.807) is 11.8 Å². The number of hydrogen-bond acceptors (Lipinski definition) is 4. The first-order valence-corrected chi connectivity index (χ1v) is 6.71. The molecule has 1 atom stereocenters. The van der Waals surface area contributed by atoms with Crippen molar-refractivity contribution in [3.05, 3.63) is 29.8 Å². The van der Waals surface area contributed by atoms with Gasteiger partial charge in [0.25, 0.3) is 0 Å². The van der Waals surface area contributed by atoms with Gasteiger partial charge in [-0.15, -0.1) is 11.8 Å². The first-order chi connectivity index (χ1) is 8.19. The molecule has 0 saturated heterocycles. The molecule has 0 aliphatic heterocycles. The number of hydrogen-bond donors (Lipinski definition) is 1. The van der Waals surface area contributed by atoms with Crippen molar-refractivity contribution in [2.75, 3.05) is 12.9 Å². The van der Waals surface area contributed by atoms with Gasteiger partial charge >= 0.3 is 5.97 Å². The van der Waals surface area contributed by atoms with Crippen molar-refractivity contribution >= 4 is 17.7 Å². The maximum Gasteiger partial charge on any atom is 0.306 e. The molecule has 0 aromatic heterocycles. The molecule has 0 heterocycles. The molecule has 0 spiro atoms. The average molecular weight is 253 g/mol. The minimum atomic E-state index is -0.172. The zero-order valence-corrected chi connectivity index (χ0v) is 11.1. The summed E-state index contributed by atoms with van der Waals surface area (Å²) in [5.41, 5.74) is 7.21. The van der Waals surface area contributed by atoms with Crippen LogP contribution in [0.5, 0.6) is 0 Å². The SMILES string of the molecule is CC[C@H](N)c1ccccc1SCCC(=O)OC. The summed E-state index contributed by atoms with van der Waals surface area (Å²) in [7, 11) is 1.41. The van der Waals surface area contributed by atoms with Crippen LogP contribution in [0.2, 0.25) is 0 Å². The molecule has 1 aromatic rings. The highest BCUT2D eigenvalue weighted by molar-refractivity contribution is 7.99. The molecule has 0 fully saturated rings. The Bertz CT molecular complexity index is 368. The van der Waals surface area contributed by atoms with Gasteiger partial charge < -0.3 is 10.5 Å². The fourth-order valence-corrected chi connectivity index (χ4v) is 2.53. The van der Waals surface area contributed by atoms with E-state index in [9.17, 15) is 4.79 Å². The number of carbonyl (C=O) groups excluding carboxylic acids is 1. The van der Waals surface area contributed by atoms with Gasteiger partial charge in [-0.05, 0) is 18.1 Å². The van der Waals surface area contributed by atoms with Crippen LogP contribution in [0.1, 0.15) is 31.4 Å². The smallest absolute Gasteiger partial charge is 0.306 e. The molecule has 2 N–H and O–H groups in total. The topological polar surface area (TPSA) is 52.3 Å². The molecule has 0 aliphatic rings. The van der Waals surface area contributed by atoms with Gasteiger partial charge in [-0.3, -0.25) is 4.79 Å². The Hall–Kier alpha value is -1.00. The van der Waals surface area contributed by atoms with E-state index in [0.717, 1.165) is 22.6 Å². The molecular weight excluding hydrogens is 234 g/mol. The van der Waals surface area contributed by atoms with E-state index in [1.165, 1.54) is 7.11 Å². The van der Waals surface area contributed by atoms with E-state index in [4.69, 9.17) is 5.73 Å². The maximum absolute atomic E-state index is 11.0. The first kappa shape index (κ1) is 14.1. The van der Waals surface area contributed by atoms with Crippen LogP contribution in [-0.4, -0.2) is 18.8 Å². The quantitative estimate of drug-likeness (QED) is 0.625. The van der Waals surface area contributed by atoms with Crippen molar-refractivity contribution in [1.29, 1.82) is 0 Å². The standard InChI is InChI=1S/C13H19NO2S/c1-3-11(14)10-6-4-5-7-12(10)17-9-8-13(15)16-2/h4-7,11H,3,8-9,14H2,1-2H3/t11-/m0/s1. The van der Waals surface area contributed by atoms with Gasteiger partial charge in [0, 0.05) is 16.7 Å². The summed E-state index contributed by atoms with van der Waals surface area (Å²) in [6, 6.07) is 8.15. The zero-order valence-electron chi connectivity index (χ0n) is 10.3. The lowest BCUT2D eigenvalue weighted by molar-refractivity contribution is -0.140. The lowest BCUT2D eigenvalue weighted by Crippen LogP contribution is -2.10. The summed E-state index contributed by atoms with van der Waals surface area (Å²) >= 11 is 1.65. The molecule has 3 nitrogen and oxygen atoms in total. The van der Waals surface area contributed by atoms with E-state index in [2.05, 4.69) is 17.7 Å². The van der Waals surface area contributed by atoms with E-state index >= 15 is 0 Å². The Morgan fingerprint density at radius 3 is 2.82 bits per heavy atom. The monoisotopic (exact) mass is 253 g/mol. The van der Waals surface area contributed by atoms with Crippen LogP contribution in [0, 0.1) is 0 Å². The van der Waals surface area contributed by atoms with Crippen LogP contribution in [0.4, 0.5) is 0 Å². The highest BCUT2D eigenvalue weighted by Gasteiger charge is 2.09. The summed E-state index contributed by atoms with van der Waals surface area (Å²) in [4.78, 5) is 12.2. The molecule has 0 bridgehead atoms. The summed E-state index contributed by atoms with van der Waals surface area (Å²) in [6.07, 6.45) is 1.34. The van der Waals surface area contributed by atoms with Gasteiger partial charge in [0.05, 0.1) is 13.5 Å². The lowest BCUT2D eigenvalue weighted by atomic mass is 10.1. The Morgan fingerprint density at radius 2 is 2.18 bits per heavy atom. The largest absolute Gasteiger partial charge is 0.469 e. The molecule has 4 heteroatoms. The molecule has 0 radical (unpaired) electrons. The van der Waals surface area contributed by atoms with Gasteiger partial charge in [0.2, 0.25) is 0 Å². The van der Waals surface area contributed by atoms with Gasteiger partial charge in [0.15, 0.2) is 0 Å². The van der Waals surface area contributed by atoms with Crippen molar-refractivity contribution in [3.63, 3.8) is 0 Å². The fraction of sp³-hybridized carbons (Fsp3) is 0.462. The second-order valence-electron chi connectivity index (χ2n) is 3.73. The third kappa shape index (κ3) is 4.40. The third-order valence-electron chi connectivity index (χ3n) is 2.55. The Morgan fingerprint density at radius 1 is 1.47 bits per heavy atom. The summed E-state index contributed by atoms with van der Waals surface area (Å²) < 4.78 is 4.61. The third-order valence-corrected chi connectivity index (χ3v) is 3.64. The molecule has 0 aliphatic carbocycles. The van der Waals surface area contributed by atoms with Crippen LogP contribution in [0.15, 0.2) is 29.2 Å². The molecule has 0 amide bonds. The lowest BCUT2D eigenvalue weighted by Gasteiger charge is -2.14. The minimum Gasteiger partial charge on any atom is -0.469 e. The van der Waals surface area contributed by atoms with Gasteiger partial charge in [0.1, 0.15) is 0 Å². The number of benzene rings is 1. The molecule has 1 aromatic carbocycles. The number of ether oxygens (including phenoxy) is 1. The van der Waals surface area contributed by atoms with Crippen molar-refractivity contribution in [2.45, 2.75) is 30.7 Å². The predicted molar refractivity (Wildman–Crippen MR) is 71.0 cm³/mol. The average Bonchev–Trinajstić information content (AvgIpc) is 2.38. The summed E-state index contributed by atoms with van der Waals surface area (Å²) in [6.45, 7) is 2.07. The predicted octanol–water partition coefficient (Wildman–Crippen LogP) is 2.75. The van der Waals surface area contributed by atoms with E-state index in [0.29, 0.717) is 6.42 Å². The van der Waals surface area contributed by atoms with E-state index in [-0.39, 0.29) is 12.0 Å². The second-order valence-corrected chi connectivity index (χ2v) is 4.86. The van der Waals surface area contributed by atoms with Crippen molar-refractivity contribution in [1.82, 2.24) is 0 Å². The minimum absolute atomic E-state index is 0.0665. The second kappa shape index (κ2) is 7.35. The van der Waals surface area contributed by atoms with Crippen LogP contribution >= 0.6 is 11.8 Å². The number of methoxy groups -OCH3 is 1. The van der Waals surface area contributed by atoms with E-state index in [1.807, 2.05) is 18.2 Å². The number of esters is 1.